The lowest BCUT2D eigenvalue weighted by atomic mass is 10.1. The average molecular weight is 336 g/mol. The number of non-ortho nitro benzene ring substituents is 1. The molecule has 0 aliphatic carbocycles. The van der Waals surface area contributed by atoms with Crippen molar-refractivity contribution in [3.8, 4) is 0 Å². The molecule has 120 valence electrons. The second-order valence-electron chi connectivity index (χ2n) is 4.64. The largest absolute Gasteiger partial charge is 0.478 e. The average Bonchev–Trinajstić information content (AvgIpc) is 2.47. The monoisotopic (exact) mass is 336 g/mol. The Kier molecular flexibility index (Phi) is 4.60. The van der Waals surface area contributed by atoms with Crippen molar-refractivity contribution in [2.45, 2.75) is 5.75 Å². The van der Waals surface area contributed by atoms with E-state index in [4.69, 9.17) is 5.11 Å². The van der Waals surface area contributed by atoms with E-state index in [0.717, 1.165) is 18.2 Å². The quantitative estimate of drug-likeness (QED) is 0.615. The predicted octanol–water partition coefficient (Wildman–Crippen LogP) is 2.23. The molecule has 2 aromatic rings. The molecule has 0 aliphatic rings. The summed E-state index contributed by atoms with van der Waals surface area (Å²) >= 11 is 0. The molecule has 0 heterocycles. The number of nitrogens with zero attached hydrogens (tertiary/aromatic N) is 1. The number of nitro benzene ring substituents is 1. The zero-order chi connectivity index (χ0) is 17.0. The molecule has 0 radical (unpaired) electrons. The number of nitrogens with one attached hydrogen (secondary N) is 1. The van der Waals surface area contributed by atoms with Crippen molar-refractivity contribution in [2.24, 2.45) is 0 Å². The van der Waals surface area contributed by atoms with E-state index in [0.29, 0.717) is 5.56 Å². The molecule has 0 atom stereocenters. The molecular formula is C14H12N2O6S. The maximum absolute atomic E-state index is 12.1. The number of nitro groups is 1. The number of anilines is 1. The summed E-state index contributed by atoms with van der Waals surface area (Å²) in [6.07, 6.45) is 0. The van der Waals surface area contributed by atoms with E-state index >= 15 is 0 Å². The first-order valence-electron chi connectivity index (χ1n) is 6.34. The molecule has 9 heteroatoms. The molecule has 0 fully saturated rings. The number of hydrogen-bond donors (Lipinski definition) is 2. The third kappa shape index (κ3) is 4.27. The van der Waals surface area contributed by atoms with E-state index in [2.05, 4.69) is 4.72 Å². The number of aromatic carboxylic acids is 1. The molecule has 2 aromatic carbocycles. The van der Waals surface area contributed by atoms with Gasteiger partial charge in [-0.1, -0.05) is 30.3 Å². The van der Waals surface area contributed by atoms with Crippen molar-refractivity contribution in [1.82, 2.24) is 0 Å². The maximum Gasteiger partial charge on any atom is 0.338 e. The van der Waals surface area contributed by atoms with Crippen molar-refractivity contribution in [3.05, 3.63) is 69.8 Å². The molecule has 2 rings (SSSR count). The van der Waals surface area contributed by atoms with Gasteiger partial charge in [0, 0.05) is 12.1 Å². The van der Waals surface area contributed by atoms with E-state index in [-0.39, 0.29) is 11.4 Å². The van der Waals surface area contributed by atoms with Gasteiger partial charge in [-0.25, -0.2) is 13.2 Å². The lowest BCUT2D eigenvalue weighted by Crippen LogP contribution is -2.17. The van der Waals surface area contributed by atoms with Gasteiger partial charge in [0.1, 0.15) is 0 Å². The van der Waals surface area contributed by atoms with Crippen molar-refractivity contribution in [2.75, 3.05) is 4.72 Å². The minimum Gasteiger partial charge on any atom is -0.478 e. The number of benzene rings is 2. The first-order chi connectivity index (χ1) is 10.8. The predicted molar refractivity (Wildman–Crippen MR) is 82.7 cm³/mol. The van der Waals surface area contributed by atoms with Gasteiger partial charge in [-0.05, 0) is 11.6 Å². The Bertz CT molecular complexity index is 849. The first kappa shape index (κ1) is 16.4. The standard InChI is InChI=1S/C14H12N2O6S/c17-14(18)12-8-11(16(19)20)6-7-13(12)15-23(21,22)9-10-4-2-1-3-5-10/h1-8,15H,9H2,(H,17,18). The molecule has 0 spiro atoms. The number of carboxylic acid groups (broad SMARTS) is 1. The molecule has 0 aliphatic heterocycles. The van der Waals surface area contributed by atoms with Crippen LogP contribution in [-0.4, -0.2) is 24.4 Å². The Labute approximate surface area is 131 Å². The molecule has 0 unspecified atom stereocenters. The second-order valence-corrected chi connectivity index (χ2v) is 6.36. The summed E-state index contributed by atoms with van der Waals surface area (Å²) in [6, 6.07) is 11.2. The SMILES string of the molecule is O=C(O)c1cc([N+](=O)[O-])ccc1NS(=O)(=O)Cc1ccccc1. The lowest BCUT2D eigenvalue weighted by molar-refractivity contribution is -0.384. The Morgan fingerprint density at radius 1 is 1.17 bits per heavy atom. The second kappa shape index (κ2) is 6.44. The summed E-state index contributed by atoms with van der Waals surface area (Å²) in [5.41, 5.74) is -0.623. The smallest absolute Gasteiger partial charge is 0.338 e. The highest BCUT2D eigenvalue weighted by Crippen LogP contribution is 2.24. The van der Waals surface area contributed by atoms with Crippen LogP contribution < -0.4 is 4.72 Å². The van der Waals surface area contributed by atoms with Gasteiger partial charge >= 0.3 is 5.97 Å². The number of sulfonamides is 1. The van der Waals surface area contributed by atoms with Gasteiger partial charge in [0.05, 0.1) is 21.9 Å². The molecule has 0 saturated carbocycles. The number of carboxylic acids is 1. The maximum atomic E-state index is 12.1. The summed E-state index contributed by atoms with van der Waals surface area (Å²) in [4.78, 5) is 21.1. The van der Waals surface area contributed by atoms with Gasteiger partial charge < -0.3 is 5.11 Å². The van der Waals surface area contributed by atoms with Crippen LogP contribution >= 0.6 is 0 Å². The molecule has 23 heavy (non-hydrogen) atoms. The fourth-order valence-electron chi connectivity index (χ4n) is 1.91. The van der Waals surface area contributed by atoms with Crippen molar-refractivity contribution >= 4 is 27.4 Å². The number of carbonyl (C=O) groups is 1. The van der Waals surface area contributed by atoms with Gasteiger partial charge in [-0.15, -0.1) is 0 Å². The van der Waals surface area contributed by atoms with Crippen LogP contribution in [0, 0.1) is 10.1 Å². The molecule has 0 saturated heterocycles. The van der Waals surface area contributed by atoms with Crippen LogP contribution in [0.1, 0.15) is 15.9 Å². The highest BCUT2D eigenvalue weighted by molar-refractivity contribution is 7.91. The molecule has 2 N–H and O–H groups in total. The molecular weight excluding hydrogens is 324 g/mol. The Balaban J connectivity index is 2.31. The fraction of sp³-hybridized carbons (Fsp3) is 0.0714. The van der Waals surface area contributed by atoms with E-state index in [1.807, 2.05) is 0 Å². The van der Waals surface area contributed by atoms with Crippen LogP contribution in [0.2, 0.25) is 0 Å². The number of rotatable bonds is 6. The van der Waals surface area contributed by atoms with Crippen LogP contribution in [-0.2, 0) is 15.8 Å². The van der Waals surface area contributed by atoms with Crippen molar-refractivity contribution < 1.29 is 23.2 Å². The Hall–Kier alpha value is -2.94. The van der Waals surface area contributed by atoms with Crippen molar-refractivity contribution in [3.63, 3.8) is 0 Å². The van der Waals surface area contributed by atoms with Crippen LogP contribution in [0.3, 0.4) is 0 Å². The summed E-state index contributed by atoms with van der Waals surface area (Å²) < 4.78 is 26.4. The zero-order valence-corrected chi connectivity index (χ0v) is 12.5. The summed E-state index contributed by atoms with van der Waals surface area (Å²) in [6.45, 7) is 0. The summed E-state index contributed by atoms with van der Waals surface area (Å²) in [5, 5.41) is 19.8. The van der Waals surface area contributed by atoms with Gasteiger partial charge in [0.15, 0.2) is 0 Å². The molecule has 0 amide bonds. The van der Waals surface area contributed by atoms with E-state index in [9.17, 15) is 23.3 Å². The summed E-state index contributed by atoms with van der Waals surface area (Å²) in [5.74, 6) is -1.81. The van der Waals surface area contributed by atoms with Crippen LogP contribution in [0.4, 0.5) is 11.4 Å². The minimum atomic E-state index is -3.86. The van der Waals surface area contributed by atoms with Gasteiger partial charge in [-0.2, -0.15) is 0 Å². The highest BCUT2D eigenvalue weighted by atomic mass is 32.2. The lowest BCUT2D eigenvalue weighted by Gasteiger charge is -2.10. The van der Waals surface area contributed by atoms with Crippen LogP contribution in [0.5, 0.6) is 0 Å². The van der Waals surface area contributed by atoms with Gasteiger partial charge in [0.25, 0.3) is 5.69 Å². The van der Waals surface area contributed by atoms with Crippen LogP contribution in [0.15, 0.2) is 48.5 Å². The Morgan fingerprint density at radius 3 is 2.39 bits per heavy atom. The van der Waals surface area contributed by atoms with E-state index in [1.54, 1.807) is 30.3 Å². The third-order valence-corrected chi connectivity index (χ3v) is 4.15. The van der Waals surface area contributed by atoms with Gasteiger partial charge in [0.2, 0.25) is 10.0 Å². The minimum absolute atomic E-state index is 0.223. The van der Waals surface area contributed by atoms with E-state index < -0.39 is 32.2 Å². The fourth-order valence-corrected chi connectivity index (χ4v) is 3.13. The molecule has 0 aromatic heterocycles. The normalized spacial score (nSPS) is 11.0. The topological polar surface area (TPSA) is 127 Å². The third-order valence-electron chi connectivity index (χ3n) is 2.91. The van der Waals surface area contributed by atoms with E-state index in [1.165, 1.54) is 0 Å². The van der Waals surface area contributed by atoms with Gasteiger partial charge in [-0.3, -0.25) is 14.8 Å². The zero-order valence-electron chi connectivity index (χ0n) is 11.7. The number of hydrogen-bond acceptors (Lipinski definition) is 5. The molecule has 8 nitrogen and oxygen atoms in total. The highest BCUT2D eigenvalue weighted by Gasteiger charge is 2.20. The summed E-state index contributed by atoms with van der Waals surface area (Å²) in [7, 11) is -3.86. The van der Waals surface area contributed by atoms with Crippen molar-refractivity contribution in [1.29, 1.82) is 0 Å². The Morgan fingerprint density at radius 2 is 1.83 bits per heavy atom. The molecule has 0 bridgehead atoms. The van der Waals surface area contributed by atoms with Crippen LogP contribution in [0.25, 0.3) is 0 Å². The first-order valence-corrected chi connectivity index (χ1v) is 8.00.